The molecular weight excluding hydrogens is 552 g/mol. The number of hydrogen-bond acceptors (Lipinski definition) is 8. The number of anilines is 2. The van der Waals surface area contributed by atoms with Crippen LogP contribution in [0.5, 0.6) is 0 Å². The van der Waals surface area contributed by atoms with Gasteiger partial charge in [-0.15, -0.1) is 0 Å². The average Bonchev–Trinajstić information content (AvgIpc) is 2.96. The van der Waals surface area contributed by atoms with Gasteiger partial charge in [0.2, 0.25) is 0 Å². The molecule has 1 saturated heterocycles. The number of nitrogens with zero attached hydrogens (tertiary/aromatic N) is 3. The fourth-order valence-electron chi connectivity index (χ4n) is 5.18. The quantitative estimate of drug-likeness (QED) is 0.190. The molecule has 224 valence electrons. The standard InChI is InChI=1S/C31H47ClN6O2Si/c1-30(2,3)41(4,5)40-18-15-34-23-9-11-24(12-10-23)37-29-19-25(26(32)20-35-29)27-7-6-8-28(38-27)36-22-31(21-33)13-16-39-17-14-31/h6-8,19-20,23-24,34H,9-18,22H2,1-5H3,(H,35,37)(H,36,38). The van der Waals surface area contributed by atoms with E-state index in [-0.39, 0.29) is 5.04 Å². The third-order valence-electron chi connectivity index (χ3n) is 9.06. The van der Waals surface area contributed by atoms with Gasteiger partial charge in [-0.1, -0.05) is 38.4 Å². The topological polar surface area (TPSA) is 104 Å². The summed E-state index contributed by atoms with van der Waals surface area (Å²) in [6.45, 7) is 14.9. The summed E-state index contributed by atoms with van der Waals surface area (Å²) >= 11 is 6.58. The van der Waals surface area contributed by atoms with Crippen molar-refractivity contribution in [1.29, 1.82) is 5.26 Å². The summed E-state index contributed by atoms with van der Waals surface area (Å²) in [7, 11) is -1.69. The van der Waals surface area contributed by atoms with E-state index >= 15 is 0 Å². The lowest BCUT2D eigenvalue weighted by atomic mass is 9.82. The fraction of sp³-hybridized carbons (Fsp3) is 0.645. The van der Waals surface area contributed by atoms with E-state index in [4.69, 9.17) is 25.7 Å². The molecule has 2 aromatic heterocycles. The van der Waals surface area contributed by atoms with Crippen LogP contribution in [0.2, 0.25) is 23.2 Å². The summed E-state index contributed by atoms with van der Waals surface area (Å²) in [6.07, 6.45) is 7.58. The van der Waals surface area contributed by atoms with Crippen LogP contribution < -0.4 is 16.0 Å². The van der Waals surface area contributed by atoms with Crippen molar-refractivity contribution in [2.45, 2.75) is 89.5 Å². The third kappa shape index (κ3) is 8.65. The summed E-state index contributed by atoms with van der Waals surface area (Å²) in [6, 6.07) is 11.2. The summed E-state index contributed by atoms with van der Waals surface area (Å²) in [4.78, 5) is 9.37. The average molecular weight is 599 g/mol. The predicted molar refractivity (Wildman–Crippen MR) is 170 cm³/mol. The number of aromatic nitrogens is 2. The van der Waals surface area contributed by atoms with Crippen molar-refractivity contribution < 1.29 is 9.16 Å². The predicted octanol–water partition coefficient (Wildman–Crippen LogP) is 6.86. The van der Waals surface area contributed by atoms with E-state index < -0.39 is 13.7 Å². The minimum absolute atomic E-state index is 0.244. The van der Waals surface area contributed by atoms with Crippen molar-refractivity contribution in [2.24, 2.45) is 5.41 Å². The second-order valence-corrected chi connectivity index (χ2v) is 18.3. The summed E-state index contributed by atoms with van der Waals surface area (Å²) < 4.78 is 11.8. The number of rotatable bonds is 11. The van der Waals surface area contributed by atoms with Gasteiger partial charge in [0, 0.05) is 56.8 Å². The summed E-state index contributed by atoms with van der Waals surface area (Å²) in [5, 5.41) is 21.3. The molecule has 0 aromatic carbocycles. The molecule has 0 atom stereocenters. The molecule has 1 aliphatic heterocycles. The van der Waals surface area contributed by atoms with Crippen LogP contribution in [0.1, 0.15) is 59.3 Å². The zero-order valence-corrected chi connectivity index (χ0v) is 27.1. The smallest absolute Gasteiger partial charge is 0.192 e. The van der Waals surface area contributed by atoms with Gasteiger partial charge in [-0.2, -0.15) is 5.26 Å². The van der Waals surface area contributed by atoms with Gasteiger partial charge >= 0.3 is 0 Å². The largest absolute Gasteiger partial charge is 0.416 e. The molecule has 10 heteroatoms. The Labute approximate surface area is 252 Å². The molecule has 0 spiro atoms. The first-order valence-corrected chi connectivity index (χ1v) is 18.3. The zero-order chi connectivity index (χ0) is 29.5. The van der Waals surface area contributed by atoms with Gasteiger partial charge in [0.1, 0.15) is 11.6 Å². The second kappa shape index (κ2) is 13.8. The molecule has 0 unspecified atom stereocenters. The van der Waals surface area contributed by atoms with Gasteiger partial charge in [0.25, 0.3) is 0 Å². The highest BCUT2D eigenvalue weighted by Gasteiger charge is 2.37. The lowest BCUT2D eigenvalue weighted by Gasteiger charge is -2.36. The Morgan fingerprint density at radius 3 is 2.51 bits per heavy atom. The van der Waals surface area contributed by atoms with Crippen LogP contribution in [-0.4, -0.2) is 63.3 Å². The molecule has 2 aromatic rings. The molecule has 4 rings (SSSR count). The molecule has 41 heavy (non-hydrogen) atoms. The van der Waals surface area contributed by atoms with Gasteiger partial charge in [0.05, 0.1) is 22.2 Å². The van der Waals surface area contributed by atoms with Crippen molar-refractivity contribution in [3.05, 3.63) is 35.5 Å². The second-order valence-electron chi connectivity index (χ2n) is 13.1. The maximum absolute atomic E-state index is 9.76. The Hall–Kier alpha value is -2.22. The molecular formula is C31H47ClN6O2Si. The molecule has 3 heterocycles. The highest BCUT2D eigenvalue weighted by Crippen LogP contribution is 2.36. The Morgan fingerprint density at radius 1 is 1.12 bits per heavy atom. The molecule has 3 N–H and O–H groups in total. The summed E-state index contributed by atoms with van der Waals surface area (Å²) in [5.74, 6) is 1.54. The van der Waals surface area contributed by atoms with Crippen LogP contribution in [0.25, 0.3) is 11.3 Å². The first-order valence-electron chi connectivity index (χ1n) is 15.0. The Morgan fingerprint density at radius 2 is 1.83 bits per heavy atom. The highest BCUT2D eigenvalue weighted by atomic mass is 35.5. The van der Waals surface area contributed by atoms with Crippen LogP contribution in [0, 0.1) is 16.7 Å². The lowest BCUT2D eigenvalue weighted by Crippen LogP contribution is -2.44. The first kappa shape index (κ1) is 31.7. The zero-order valence-electron chi connectivity index (χ0n) is 25.4. The Balaban J connectivity index is 1.28. The van der Waals surface area contributed by atoms with E-state index in [9.17, 15) is 5.26 Å². The first-order chi connectivity index (χ1) is 19.5. The Bertz CT molecular complexity index is 1180. The van der Waals surface area contributed by atoms with Gasteiger partial charge in [-0.3, -0.25) is 0 Å². The van der Waals surface area contributed by atoms with Crippen LogP contribution in [0.15, 0.2) is 30.5 Å². The fourth-order valence-corrected chi connectivity index (χ4v) is 6.43. The van der Waals surface area contributed by atoms with Crippen molar-refractivity contribution in [3.8, 4) is 17.3 Å². The van der Waals surface area contributed by atoms with E-state index in [2.05, 4.69) is 60.9 Å². The summed E-state index contributed by atoms with van der Waals surface area (Å²) in [5.41, 5.74) is 1.19. The van der Waals surface area contributed by atoms with Gasteiger partial charge in [0.15, 0.2) is 8.32 Å². The molecule has 1 aliphatic carbocycles. The van der Waals surface area contributed by atoms with E-state index in [1.807, 2.05) is 24.3 Å². The molecule has 2 fully saturated rings. The number of ether oxygens (including phenoxy) is 1. The number of nitriles is 1. The van der Waals surface area contributed by atoms with Crippen molar-refractivity contribution in [2.75, 3.05) is 43.5 Å². The monoisotopic (exact) mass is 598 g/mol. The van der Waals surface area contributed by atoms with Gasteiger partial charge in [-0.25, -0.2) is 9.97 Å². The number of halogens is 1. The highest BCUT2D eigenvalue weighted by molar-refractivity contribution is 6.74. The third-order valence-corrected chi connectivity index (χ3v) is 13.9. The Kier molecular flexibility index (Phi) is 10.7. The minimum Gasteiger partial charge on any atom is -0.416 e. The normalized spacial score (nSPS) is 21.2. The van der Waals surface area contributed by atoms with Crippen molar-refractivity contribution >= 4 is 31.6 Å². The van der Waals surface area contributed by atoms with E-state index in [1.54, 1.807) is 6.20 Å². The maximum atomic E-state index is 9.76. The molecule has 0 bridgehead atoms. The SMILES string of the molecule is CC(C)(C)[Si](C)(C)OCCNC1CCC(Nc2cc(-c3cccc(NCC4(C#N)CCOCC4)n3)c(Cl)cn2)CC1. The van der Waals surface area contributed by atoms with E-state index in [0.29, 0.717) is 36.9 Å². The van der Waals surface area contributed by atoms with Crippen LogP contribution >= 0.6 is 11.6 Å². The number of hydrogen-bond donors (Lipinski definition) is 3. The van der Waals surface area contributed by atoms with Gasteiger partial charge < -0.3 is 25.1 Å². The molecule has 8 nitrogen and oxygen atoms in total. The van der Waals surface area contributed by atoms with Crippen molar-refractivity contribution in [3.63, 3.8) is 0 Å². The van der Waals surface area contributed by atoms with Crippen LogP contribution in [-0.2, 0) is 9.16 Å². The lowest BCUT2D eigenvalue weighted by molar-refractivity contribution is 0.0455. The number of pyridine rings is 2. The molecule has 0 amide bonds. The molecule has 1 saturated carbocycles. The van der Waals surface area contributed by atoms with Crippen LogP contribution in [0.4, 0.5) is 11.6 Å². The molecule has 2 aliphatic rings. The number of nitrogens with one attached hydrogen (secondary N) is 3. The molecule has 0 radical (unpaired) electrons. The van der Waals surface area contributed by atoms with E-state index in [0.717, 1.165) is 74.6 Å². The van der Waals surface area contributed by atoms with Crippen molar-refractivity contribution in [1.82, 2.24) is 15.3 Å². The van der Waals surface area contributed by atoms with Gasteiger partial charge in [-0.05, 0) is 74.9 Å². The minimum atomic E-state index is -1.69. The maximum Gasteiger partial charge on any atom is 0.192 e. The van der Waals surface area contributed by atoms with Crippen LogP contribution in [0.3, 0.4) is 0 Å². The van der Waals surface area contributed by atoms with E-state index in [1.165, 1.54) is 0 Å².